The van der Waals surface area contributed by atoms with Gasteiger partial charge >= 0.3 is 5.97 Å². The van der Waals surface area contributed by atoms with Crippen molar-refractivity contribution in [1.29, 1.82) is 0 Å². The van der Waals surface area contributed by atoms with Crippen LogP contribution in [0, 0.1) is 5.82 Å². The number of hydrogen-bond acceptors (Lipinski definition) is 5. The lowest BCUT2D eigenvalue weighted by molar-refractivity contribution is -0.139. The Hall–Kier alpha value is -3.29. The van der Waals surface area contributed by atoms with E-state index < -0.39 is 24.3 Å². The number of carboxylic acids is 1. The Morgan fingerprint density at radius 3 is 2.43 bits per heavy atom. The first-order valence-electron chi connectivity index (χ1n) is 8.69. The minimum Gasteiger partial charge on any atom is -0.490 e. The molecule has 0 bridgehead atoms. The highest BCUT2D eigenvalue weighted by molar-refractivity contribution is 6.05. The Kier molecular flexibility index (Phi) is 7.20. The van der Waals surface area contributed by atoms with Crippen LogP contribution in [0.2, 0.25) is 0 Å². The van der Waals surface area contributed by atoms with E-state index in [4.69, 9.17) is 19.3 Å². The molecule has 0 aliphatic rings. The number of amides is 1. The molecule has 2 N–H and O–H groups in total. The van der Waals surface area contributed by atoms with Crippen LogP contribution in [-0.4, -0.2) is 36.3 Å². The van der Waals surface area contributed by atoms with E-state index in [2.05, 4.69) is 5.32 Å². The summed E-state index contributed by atoms with van der Waals surface area (Å²) in [7, 11) is 0. The first-order valence-corrected chi connectivity index (χ1v) is 8.69. The summed E-state index contributed by atoms with van der Waals surface area (Å²) in [6, 6.07) is 8.19. The normalized spacial score (nSPS) is 10.5. The van der Waals surface area contributed by atoms with E-state index in [0.29, 0.717) is 12.4 Å². The number of nitrogens with one attached hydrogen (secondary N) is 1. The predicted octanol–water partition coefficient (Wildman–Crippen LogP) is 3.73. The van der Waals surface area contributed by atoms with E-state index in [9.17, 15) is 14.0 Å². The van der Waals surface area contributed by atoms with Crippen molar-refractivity contribution in [2.75, 3.05) is 18.5 Å². The standard InChI is InChI=1S/C20H22FNO6/c1-4-26-18-9-13(5-7-17(18)27-11-19(23)24)20(25)22-15-10-14(21)6-8-16(15)28-12(2)3/h5-10,12H,4,11H2,1-3H3,(H,22,25)(H,23,24). The molecule has 28 heavy (non-hydrogen) atoms. The highest BCUT2D eigenvalue weighted by Crippen LogP contribution is 2.30. The third-order valence-electron chi connectivity index (χ3n) is 3.41. The van der Waals surface area contributed by atoms with Crippen LogP contribution in [0.5, 0.6) is 17.2 Å². The Balaban J connectivity index is 2.25. The van der Waals surface area contributed by atoms with Crippen molar-refractivity contribution in [1.82, 2.24) is 0 Å². The molecule has 0 atom stereocenters. The monoisotopic (exact) mass is 391 g/mol. The van der Waals surface area contributed by atoms with Crippen LogP contribution >= 0.6 is 0 Å². The number of rotatable bonds is 9. The van der Waals surface area contributed by atoms with Gasteiger partial charge in [0.15, 0.2) is 18.1 Å². The summed E-state index contributed by atoms with van der Waals surface area (Å²) in [4.78, 5) is 23.3. The van der Waals surface area contributed by atoms with E-state index in [1.54, 1.807) is 6.92 Å². The number of hydrogen-bond donors (Lipinski definition) is 2. The maximum Gasteiger partial charge on any atom is 0.341 e. The molecule has 0 saturated carbocycles. The first-order chi connectivity index (χ1) is 13.3. The van der Waals surface area contributed by atoms with Crippen molar-refractivity contribution >= 4 is 17.6 Å². The van der Waals surface area contributed by atoms with Crippen LogP contribution in [0.3, 0.4) is 0 Å². The fourth-order valence-electron chi connectivity index (χ4n) is 2.33. The van der Waals surface area contributed by atoms with Crippen LogP contribution in [0.15, 0.2) is 36.4 Å². The largest absolute Gasteiger partial charge is 0.490 e. The number of benzene rings is 2. The Bertz CT molecular complexity index is 853. The van der Waals surface area contributed by atoms with Gasteiger partial charge in [-0.1, -0.05) is 0 Å². The number of carbonyl (C=O) groups is 2. The van der Waals surface area contributed by atoms with Crippen LogP contribution in [-0.2, 0) is 4.79 Å². The van der Waals surface area contributed by atoms with Crippen molar-refractivity contribution in [3.05, 3.63) is 47.8 Å². The molecule has 7 nitrogen and oxygen atoms in total. The molecule has 2 aromatic rings. The van der Waals surface area contributed by atoms with Crippen molar-refractivity contribution < 1.29 is 33.3 Å². The summed E-state index contributed by atoms with van der Waals surface area (Å²) in [5.74, 6) is -1.38. The Morgan fingerprint density at radius 2 is 1.79 bits per heavy atom. The number of anilines is 1. The molecule has 0 aromatic heterocycles. The van der Waals surface area contributed by atoms with Gasteiger partial charge in [0.25, 0.3) is 5.91 Å². The van der Waals surface area contributed by atoms with Crippen molar-refractivity contribution in [2.24, 2.45) is 0 Å². The second kappa shape index (κ2) is 9.59. The topological polar surface area (TPSA) is 94.1 Å². The molecule has 0 unspecified atom stereocenters. The van der Waals surface area contributed by atoms with Gasteiger partial charge in [0, 0.05) is 11.6 Å². The number of carboxylic acid groups (broad SMARTS) is 1. The first kappa shape index (κ1) is 21.0. The van der Waals surface area contributed by atoms with Gasteiger partial charge in [0.05, 0.1) is 18.4 Å². The molecular formula is C20H22FNO6. The quantitative estimate of drug-likeness (QED) is 0.677. The zero-order valence-electron chi connectivity index (χ0n) is 15.8. The summed E-state index contributed by atoms with van der Waals surface area (Å²) in [5.41, 5.74) is 0.425. The van der Waals surface area contributed by atoms with Gasteiger partial charge in [-0.3, -0.25) is 4.79 Å². The third kappa shape index (κ3) is 5.87. The van der Waals surface area contributed by atoms with Gasteiger partial charge in [-0.05, 0) is 51.1 Å². The molecule has 150 valence electrons. The number of halogens is 1. The van der Waals surface area contributed by atoms with E-state index in [-0.39, 0.29) is 28.9 Å². The average molecular weight is 391 g/mol. The minimum atomic E-state index is -1.13. The average Bonchev–Trinajstić information content (AvgIpc) is 2.62. The highest BCUT2D eigenvalue weighted by Gasteiger charge is 2.15. The van der Waals surface area contributed by atoms with Gasteiger partial charge in [-0.25, -0.2) is 9.18 Å². The van der Waals surface area contributed by atoms with E-state index in [0.717, 1.165) is 0 Å². The second-order valence-corrected chi connectivity index (χ2v) is 6.04. The summed E-state index contributed by atoms with van der Waals surface area (Å²) < 4.78 is 29.8. The van der Waals surface area contributed by atoms with Gasteiger partial charge in [0.1, 0.15) is 11.6 Å². The SMILES string of the molecule is CCOc1cc(C(=O)Nc2cc(F)ccc2OC(C)C)ccc1OCC(=O)O. The second-order valence-electron chi connectivity index (χ2n) is 6.04. The summed E-state index contributed by atoms with van der Waals surface area (Å²) in [6.45, 7) is 5.14. The molecule has 0 fully saturated rings. The Labute approximate surface area is 162 Å². The maximum atomic E-state index is 13.6. The zero-order chi connectivity index (χ0) is 20.7. The molecule has 2 aromatic carbocycles. The number of carbonyl (C=O) groups excluding carboxylic acids is 1. The van der Waals surface area contributed by atoms with Gasteiger partial charge in [0.2, 0.25) is 0 Å². The lowest BCUT2D eigenvalue weighted by Crippen LogP contribution is -2.15. The summed E-state index contributed by atoms with van der Waals surface area (Å²) in [5, 5.41) is 11.4. The molecule has 0 aliphatic carbocycles. The van der Waals surface area contributed by atoms with Crippen LogP contribution in [0.1, 0.15) is 31.1 Å². The van der Waals surface area contributed by atoms with E-state index in [1.165, 1.54) is 36.4 Å². The third-order valence-corrected chi connectivity index (χ3v) is 3.41. The van der Waals surface area contributed by atoms with Crippen LogP contribution in [0.25, 0.3) is 0 Å². The molecule has 0 heterocycles. The van der Waals surface area contributed by atoms with Gasteiger partial charge in [-0.2, -0.15) is 0 Å². The van der Waals surface area contributed by atoms with Gasteiger partial charge < -0.3 is 24.6 Å². The lowest BCUT2D eigenvalue weighted by atomic mass is 10.1. The van der Waals surface area contributed by atoms with Crippen molar-refractivity contribution in [2.45, 2.75) is 26.9 Å². The molecule has 8 heteroatoms. The smallest absolute Gasteiger partial charge is 0.341 e. The lowest BCUT2D eigenvalue weighted by Gasteiger charge is -2.16. The van der Waals surface area contributed by atoms with E-state index in [1.807, 2.05) is 13.8 Å². The fourth-order valence-corrected chi connectivity index (χ4v) is 2.33. The van der Waals surface area contributed by atoms with Crippen molar-refractivity contribution in [3.8, 4) is 17.2 Å². The Morgan fingerprint density at radius 1 is 1.07 bits per heavy atom. The van der Waals surface area contributed by atoms with Crippen LogP contribution in [0.4, 0.5) is 10.1 Å². The highest BCUT2D eigenvalue weighted by atomic mass is 19.1. The fraction of sp³-hybridized carbons (Fsp3) is 0.300. The number of aliphatic carboxylic acids is 1. The molecule has 0 spiro atoms. The molecular weight excluding hydrogens is 369 g/mol. The maximum absolute atomic E-state index is 13.6. The molecule has 0 saturated heterocycles. The molecule has 0 radical (unpaired) electrons. The van der Waals surface area contributed by atoms with Crippen LogP contribution < -0.4 is 19.5 Å². The van der Waals surface area contributed by atoms with Crippen molar-refractivity contribution in [3.63, 3.8) is 0 Å². The molecule has 2 rings (SSSR count). The molecule has 1 amide bonds. The minimum absolute atomic E-state index is 0.156. The van der Waals surface area contributed by atoms with Gasteiger partial charge in [-0.15, -0.1) is 0 Å². The summed E-state index contributed by atoms with van der Waals surface area (Å²) >= 11 is 0. The van der Waals surface area contributed by atoms with E-state index >= 15 is 0 Å². The number of ether oxygens (including phenoxy) is 3. The molecule has 0 aliphatic heterocycles. The summed E-state index contributed by atoms with van der Waals surface area (Å²) in [6.07, 6.45) is -0.156. The zero-order valence-corrected chi connectivity index (χ0v) is 15.8. The predicted molar refractivity (Wildman–Crippen MR) is 101 cm³/mol.